The van der Waals surface area contributed by atoms with Gasteiger partial charge in [0.2, 0.25) is 0 Å². The number of fused-ring (bicyclic) bond motifs is 1. The first kappa shape index (κ1) is 17.7. The van der Waals surface area contributed by atoms with Crippen molar-refractivity contribution in [1.82, 2.24) is 14.7 Å². The number of aliphatic imine (C=N–C) groups is 1. The lowest BCUT2D eigenvalue weighted by Gasteiger charge is -2.24. The summed E-state index contributed by atoms with van der Waals surface area (Å²) in [5, 5.41) is 4.70. The molecule has 1 aromatic heterocycles. The van der Waals surface area contributed by atoms with Crippen LogP contribution in [-0.4, -0.2) is 60.7 Å². The molecule has 0 amide bonds. The molecule has 0 unspecified atom stereocenters. The summed E-state index contributed by atoms with van der Waals surface area (Å²) in [4.78, 5) is 9.63. The number of nitrogens with zero attached hydrogens (tertiary/aromatic N) is 5. The molecule has 1 aliphatic rings. The number of hydrogen-bond donors (Lipinski definition) is 0. The zero-order valence-electron chi connectivity index (χ0n) is 16.1. The highest BCUT2D eigenvalue weighted by molar-refractivity contribution is 6.16. The van der Waals surface area contributed by atoms with E-state index in [0.29, 0.717) is 0 Å². The molecule has 1 aliphatic heterocycles. The van der Waals surface area contributed by atoms with Gasteiger partial charge in [0.15, 0.2) is 0 Å². The maximum Gasteiger partial charge on any atom is 0.136 e. The minimum absolute atomic E-state index is 0.819. The zero-order chi connectivity index (χ0) is 18.0. The molecule has 25 heavy (non-hydrogen) atoms. The molecule has 3 rings (SSSR count). The van der Waals surface area contributed by atoms with Crippen molar-refractivity contribution < 1.29 is 0 Å². The van der Waals surface area contributed by atoms with Crippen LogP contribution in [-0.2, 0) is 7.05 Å². The molecule has 0 saturated carbocycles. The second kappa shape index (κ2) is 7.40. The summed E-state index contributed by atoms with van der Waals surface area (Å²) < 4.78 is 2.02. The van der Waals surface area contributed by atoms with Gasteiger partial charge in [-0.05, 0) is 40.9 Å². The van der Waals surface area contributed by atoms with E-state index in [1.807, 2.05) is 11.7 Å². The van der Waals surface area contributed by atoms with Gasteiger partial charge >= 0.3 is 0 Å². The van der Waals surface area contributed by atoms with Gasteiger partial charge in [-0.25, -0.2) is 0 Å². The number of rotatable bonds is 5. The molecule has 5 heteroatoms. The maximum atomic E-state index is 4.94. The van der Waals surface area contributed by atoms with Crippen molar-refractivity contribution in [3.8, 4) is 0 Å². The Labute approximate surface area is 151 Å². The first-order valence-corrected chi connectivity index (χ1v) is 9.02. The molecule has 0 radical (unpaired) electrons. The Morgan fingerprint density at radius 2 is 1.84 bits per heavy atom. The van der Waals surface area contributed by atoms with Crippen molar-refractivity contribution in [2.24, 2.45) is 12.0 Å². The van der Waals surface area contributed by atoms with Gasteiger partial charge in [-0.1, -0.05) is 29.8 Å². The highest BCUT2D eigenvalue weighted by Crippen LogP contribution is 2.29. The second-order valence-corrected chi connectivity index (χ2v) is 7.15. The molecule has 5 nitrogen and oxygen atoms in total. The maximum absolute atomic E-state index is 4.94. The molecule has 0 fully saturated rings. The molecule has 0 bridgehead atoms. The molecule has 0 aliphatic carbocycles. The summed E-state index contributed by atoms with van der Waals surface area (Å²) in [6.45, 7) is 8.08. The van der Waals surface area contributed by atoms with Crippen molar-refractivity contribution in [3.05, 3.63) is 46.6 Å². The van der Waals surface area contributed by atoms with Crippen molar-refractivity contribution in [3.63, 3.8) is 0 Å². The average Bonchev–Trinajstić information content (AvgIpc) is 2.74. The van der Waals surface area contributed by atoms with Crippen LogP contribution in [0.25, 0.3) is 0 Å². The van der Waals surface area contributed by atoms with Gasteiger partial charge in [-0.2, -0.15) is 5.10 Å². The molecule has 2 heterocycles. The third-order valence-corrected chi connectivity index (χ3v) is 4.73. The van der Waals surface area contributed by atoms with E-state index >= 15 is 0 Å². The van der Waals surface area contributed by atoms with Gasteiger partial charge in [0.1, 0.15) is 5.82 Å². The summed E-state index contributed by atoms with van der Waals surface area (Å²) in [6.07, 6.45) is 1.14. The minimum Gasteiger partial charge on any atom is -0.354 e. The monoisotopic (exact) mass is 339 g/mol. The van der Waals surface area contributed by atoms with Gasteiger partial charge in [0.25, 0.3) is 0 Å². The Morgan fingerprint density at radius 3 is 2.52 bits per heavy atom. The molecule has 0 N–H and O–H groups in total. The summed E-state index contributed by atoms with van der Waals surface area (Å²) in [5.74, 6) is 1.20. The van der Waals surface area contributed by atoms with Crippen LogP contribution in [0, 0.1) is 13.8 Å². The van der Waals surface area contributed by atoms with Crippen molar-refractivity contribution >= 4 is 11.5 Å². The highest BCUT2D eigenvalue weighted by Gasteiger charge is 2.26. The van der Waals surface area contributed by atoms with Crippen LogP contribution in [0.2, 0.25) is 0 Å². The predicted molar refractivity (Wildman–Crippen MR) is 105 cm³/mol. The highest BCUT2D eigenvalue weighted by atomic mass is 15.4. The van der Waals surface area contributed by atoms with Gasteiger partial charge in [0.05, 0.1) is 23.5 Å². The van der Waals surface area contributed by atoms with Crippen molar-refractivity contribution in [2.45, 2.75) is 20.3 Å². The standard InChI is InChI=1S/C20H29N5/c1-15-7-9-17(10-8-15)19-18-16(2)22-24(5)20(18)25(14-11-21-19)13-6-12-23(3)4/h7-10H,6,11-14H2,1-5H3. The third kappa shape index (κ3) is 3.76. The summed E-state index contributed by atoms with van der Waals surface area (Å²) >= 11 is 0. The van der Waals surface area contributed by atoms with Crippen LogP contribution in [0.3, 0.4) is 0 Å². The summed E-state index contributed by atoms with van der Waals surface area (Å²) in [7, 11) is 6.30. The topological polar surface area (TPSA) is 36.7 Å². The molecule has 0 saturated heterocycles. The van der Waals surface area contributed by atoms with Crippen molar-refractivity contribution in [2.75, 3.05) is 45.2 Å². The van der Waals surface area contributed by atoms with E-state index in [1.165, 1.54) is 22.5 Å². The normalized spacial score (nSPS) is 14.5. The van der Waals surface area contributed by atoms with Crippen LogP contribution in [0.5, 0.6) is 0 Å². The Balaban J connectivity index is 1.97. The Morgan fingerprint density at radius 1 is 1.12 bits per heavy atom. The Kier molecular flexibility index (Phi) is 5.23. The van der Waals surface area contributed by atoms with Crippen LogP contribution < -0.4 is 4.90 Å². The minimum atomic E-state index is 0.819. The van der Waals surface area contributed by atoms with E-state index in [2.05, 4.69) is 62.0 Å². The largest absolute Gasteiger partial charge is 0.354 e. The lowest BCUT2D eigenvalue weighted by Crippen LogP contribution is -2.31. The lowest BCUT2D eigenvalue weighted by atomic mass is 10.0. The fraction of sp³-hybridized carbons (Fsp3) is 0.500. The molecular weight excluding hydrogens is 310 g/mol. The van der Waals surface area contributed by atoms with E-state index in [9.17, 15) is 0 Å². The molecule has 2 aromatic rings. The molecule has 1 aromatic carbocycles. The number of anilines is 1. The second-order valence-electron chi connectivity index (χ2n) is 7.15. The zero-order valence-corrected chi connectivity index (χ0v) is 16.1. The van der Waals surface area contributed by atoms with Gasteiger partial charge in [-0.15, -0.1) is 0 Å². The first-order valence-electron chi connectivity index (χ1n) is 9.02. The fourth-order valence-corrected chi connectivity index (χ4v) is 3.50. The van der Waals surface area contributed by atoms with E-state index in [0.717, 1.165) is 44.0 Å². The summed E-state index contributed by atoms with van der Waals surface area (Å²) in [5.41, 5.74) is 5.77. The smallest absolute Gasteiger partial charge is 0.136 e. The van der Waals surface area contributed by atoms with E-state index < -0.39 is 0 Å². The van der Waals surface area contributed by atoms with Crippen LogP contribution in [0.1, 0.15) is 28.8 Å². The third-order valence-electron chi connectivity index (χ3n) is 4.73. The molecule has 0 spiro atoms. The van der Waals surface area contributed by atoms with Crippen LogP contribution in [0.4, 0.5) is 5.82 Å². The number of benzene rings is 1. The van der Waals surface area contributed by atoms with Crippen LogP contribution in [0.15, 0.2) is 29.3 Å². The SMILES string of the molecule is Cc1ccc(C2=NCCN(CCCN(C)C)c3c2c(C)nn3C)cc1. The van der Waals surface area contributed by atoms with E-state index in [-0.39, 0.29) is 0 Å². The van der Waals surface area contributed by atoms with E-state index in [1.54, 1.807) is 0 Å². The van der Waals surface area contributed by atoms with Crippen molar-refractivity contribution in [1.29, 1.82) is 0 Å². The molecule has 0 atom stereocenters. The molecular formula is C20H29N5. The summed E-state index contributed by atoms with van der Waals surface area (Å²) in [6, 6.07) is 8.66. The Bertz CT molecular complexity index is 755. The van der Waals surface area contributed by atoms with E-state index in [4.69, 9.17) is 10.1 Å². The number of aromatic nitrogens is 2. The van der Waals surface area contributed by atoms with Gasteiger partial charge < -0.3 is 9.80 Å². The average molecular weight is 339 g/mol. The predicted octanol–water partition coefficient (Wildman–Crippen LogP) is 2.65. The quantitative estimate of drug-likeness (QED) is 0.840. The molecule has 134 valence electrons. The number of aryl methyl sites for hydroxylation is 3. The number of hydrogen-bond acceptors (Lipinski definition) is 4. The van der Waals surface area contributed by atoms with Gasteiger partial charge in [-0.3, -0.25) is 9.67 Å². The first-order chi connectivity index (χ1) is 12.0. The lowest BCUT2D eigenvalue weighted by molar-refractivity contribution is 0.400. The van der Waals surface area contributed by atoms with Crippen LogP contribution >= 0.6 is 0 Å². The van der Waals surface area contributed by atoms with Gasteiger partial charge in [0, 0.05) is 25.7 Å². The Hall–Kier alpha value is -2.14. The fourth-order valence-electron chi connectivity index (χ4n) is 3.50.